The summed E-state index contributed by atoms with van der Waals surface area (Å²) in [5.41, 5.74) is 0.765. The van der Waals surface area contributed by atoms with Crippen molar-refractivity contribution in [3.05, 3.63) is 23.8 Å². The molecule has 1 heterocycles. The minimum absolute atomic E-state index is 0.00349. The fraction of sp³-hybridized carbons (Fsp3) is 0.222. The molecular weight excluding hydrogens is 154 g/mol. The highest BCUT2D eigenvalue weighted by Gasteiger charge is 2.13. The summed E-state index contributed by atoms with van der Waals surface area (Å²) < 4.78 is 15.3. The molecule has 0 atom stereocenters. The van der Waals surface area contributed by atoms with E-state index in [2.05, 4.69) is 5.32 Å². The van der Waals surface area contributed by atoms with Gasteiger partial charge in [-0.25, -0.2) is 0 Å². The van der Waals surface area contributed by atoms with Crippen molar-refractivity contribution in [2.24, 2.45) is 0 Å². The molecule has 0 aromatic heterocycles. The second kappa shape index (κ2) is 2.52. The number of hydrogen-bond acceptors (Lipinski definition) is 2. The third-order valence-electron chi connectivity index (χ3n) is 1.72. The predicted octanol–water partition coefficient (Wildman–Crippen LogP) is 1.28. The van der Waals surface area contributed by atoms with Crippen molar-refractivity contribution in [2.45, 2.75) is 12.8 Å². The van der Waals surface area contributed by atoms with Gasteiger partial charge in [0.25, 0.3) is 0 Å². The lowest BCUT2D eigenvalue weighted by Gasteiger charge is -2.16. The van der Waals surface area contributed by atoms with Crippen LogP contribution in [-0.2, 0) is 11.2 Å². The van der Waals surface area contributed by atoms with Crippen molar-refractivity contribution in [2.75, 3.05) is 5.32 Å². The van der Waals surface area contributed by atoms with Crippen molar-refractivity contribution in [3.63, 3.8) is 0 Å². The Morgan fingerprint density at radius 1 is 1.58 bits per heavy atom. The molecule has 3 heteroatoms. The molecule has 12 heavy (non-hydrogen) atoms. The molecule has 0 spiro atoms. The summed E-state index contributed by atoms with van der Waals surface area (Å²) in [6, 6.07) is 4.26. The summed E-state index contributed by atoms with van der Waals surface area (Å²) in [4.78, 5) is 11.1. The highest BCUT2D eigenvalue weighted by Crippen LogP contribution is 2.25. The molecule has 1 aromatic carbocycles. The van der Waals surface area contributed by atoms with E-state index in [1.165, 1.54) is 18.2 Å². The molecule has 1 aliphatic rings. The molecule has 0 bridgehead atoms. The maximum atomic E-state index is 11.1. The van der Waals surface area contributed by atoms with Gasteiger partial charge < -0.3 is 10.4 Å². The Bertz CT molecular complexity index is 404. The normalized spacial score (nSPS) is 21.8. The van der Waals surface area contributed by atoms with Crippen LogP contribution in [0.15, 0.2) is 18.2 Å². The van der Waals surface area contributed by atoms with E-state index >= 15 is 0 Å². The van der Waals surface area contributed by atoms with Gasteiger partial charge >= 0.3 is 0 Å². The lowest BCUT2D eigenvalue weighted by molar-refractivity contribution is -0.116. The SMILES string of the molecule is [2H]C1([2H])CC(=O)Nc2ccc(O)cc21. The largest absolute Gasteiger partial charge is 0.508 e. The Labute approximate surface area is 72.8 Å². The first kappa shape index (κ1) is 5.19. The number of carbonyl (C=O) groups excluding carboxylic acids is 1. The molecule has 1 aliphatic heterocycles. The van der Waals surface area contributed by atoms with Gasteiger partial charge in [-0.3, -0.25) is 4.79 Å². The summed E-state index contributed by atoms with van der Waals surface area (Å²) in [7, 11) is 0. The van der Waals surface area contributed by atoms with Crippen LogP contribution in [0.3, 0.4) is 0 Å². The highest BCUT2D eigenvalue weighted by molar-refractivity contribution is 5.93. The Hall–Kier alpha value is -1.51. The second-order valence-corrected chi connectivity index (χ2v) is 2.63. The molecule has 0 aliphatic carbocycles. The van der Waals surface area contributed by atoms with E-state index in [1.807, 2.05) is 0 Å². The second-order valence-electron chi connectivity index (χ2n) is 2.63. The summed E-state index contributed by atoms with van der Waals surface area (Å²) >= 11 is 0. The van der Waals surface area contributed by atoms with Crippen LogP contribution >= 0.6 is 0 Å². The van der Waals surface area contributed by atoms with Crippen LogP contribution in [0.4, 0.5) is 5.69 Å². The number of phenols is 1. The van der Waals surface area contributed by atoms with Gasteiger partial charge in [-0.05, 0) is 30.1 Å². The van der Waals surface area contributed by atoms with Gasteiger partial charge in [-0.2, -0.15) is 0 Å². The summed E-state index contributed by atoms with van der Waals surface area (Å²) in [6.07, 6.45) is -1.90. The van der Waals surface area contributed by atoms with Crippen molar-refractivity contribution in [1.82, 2.24) is 0 Å². The zero-order chi connectivity index (χ0) is 10.3. The number of phenolic OH excluding ortho intramolecular Hbond substituents is 1. The number of fused-ring (bicyclic) bond motifs is 1. The number of aromatic hydroxyl groups is 1. The molecule has 0 fully saturated rings. The Morgan fingerprint density at radius 3 is 3.25 bits per heavy atom. The van der Waals surface area contributed by atoms with E-state index in [0.717, 1.165) is 0 Å². The molecule has 0 radical (unpaired) electrons. The fourth-order valence-electron chi connectivity index (χ4n) is 1.16. The first-order chi connectivity index (χ1) is 6.49. The minimum atomic E-state index is -1.70. The van der Waals surface area contributed by atoms with Gasteiger partial charge in [0, 0.05) is 14.8 Å². The first-order valence-corrected chi connectivity index (χ1v) is 3.62. The summed E-state index contributed by atoms with van der Waals surface area (Å²) in [5.74, 6) is -0.336. The van der Waals surface area contributed by atoms with E-state index in [0.29, 0.717) is 11.3 Å². The summed E-state index contributed by atoms with van der Waals surface area (Å²) in [5, 5.41) is 11.8. The van der Waals surface area contributed by atoms with Gasteiger partial charge in [0.2, 0.25) is 5.91 Å². The molecule has 0 unspecified atom stereocenters. The molecule has 2 rings (SSSR count). The maximum absolute atomic E-state index is 11.1. The van der Waals surface area contributed by atoms with Gasteiger partial charge in [0.1, 0.15) is 5.75 Å². The number of anilines is 1. The van der Waals surface area contributed by atoms with Crippen LogP contribution in [0, 0.1) is 0 Å². The van der Waals surface area contributed by atoms with Crippen LogP contribution in [0.1, 0.15) is 14.7 Å². The van der Waals surface area contributed by atoms with E-state index in [1.54, 1.807) is 0 Å². The number of benzene rings is 1. The molecule has 1 aromatic rings. The zero-order valence-electron chi connectivity index (χ0n) is 8.29. The van der Waals surface area contributed by atoms with Crippen LogP contribution in [0.2, 0.25) is 0 Å². The smallest absolute Gasteiger partial charge is 0.224 e. The van der Waals surface area contributed by atoms with Crippen LogP contribution in [0.25, 0.3) is 0 Å². The van der Waals surface area contributed by atoms with Crippen molar-refractivity contribution < 1.29 is 12.6 Å². The predicted molar refractivity (Wildman–Crippen MR) is 45.1 cm³/mol. The van der Waals surface area contributed by atoms with Crippen LogP contribution < -0.4 is 5.32 Å². The third-order valence-corrected chi connectivity index (χ3v) is 1.72. The molecular formula is C9H9NO2. The molecule has 1 amide bonds. The fourth-order valence-corrected chi connectivity index (χ4v) is 1.16. The quantitative estimate of drug-likeness (QED) is 0.569. The zero-order valence-corrected chi connectivity index (χ0v) is 6.29. The van der Waals surface area contributed by atoms with Crippen molar-refractivity contribution in [3.8, 4) is 5.75 Å². The number of aryl methyl sites for hydroxylation is 1. The maximum Gasteiger partial charge on any atom is 0.224 e. The lowest BCUT2D eigenvalue weighted by atomic mass is 10.0. The number of hydrogen-bond donors (Lipinski definition) is 2. The van der Waals surface area contributed by atoms with Gasteiger partial charge in [-0.15, -0.1) is 0 Å². The van der Waals surface area contributed by atoms with Gasteiger partial charge in [0.05, 0.1) is 0 Å². The van der Waals surface area contributed by atoms with Crippen molar-refractivity contribution >= 4 is 11.6 Å². The Morgan fingerprint density at radius 2 is 2.42 bits per heavy atom. The van der Waals surface area contributed by atoms with Crippen LogP contribution in [0.5, 0.6) is 5.75 Å². The van der Waals surface area contributed by atoms with E-state index < -0.39 is 6.37 Å². The number of carbonyl (C=O) groups is 1. The average Bonchev–Trinajstić information content (AvgIpc) is 2.05. The average molecular weight is 165 g/mol. The number of amides is 1. The lowest BCUT2D eigenvalue weighted by Crippen LogP contribution is -2.18. The monoisotopic (exact) mass is 165 g/mol. The Balaban J connectivity index is 2.58. The Kier molecular flexibility index (Phi) is 1.09. The van der Waals surface area contributed by atoms with E-state index in [9.17, 15) is 9.90 Å². The molecule has 0 saturated carbocycles. The standard InChI is InChI=1S/C9H9NO2/c11-7-2-3-8-6(5-7)1-4-9(12)10-8/h2-3,5,11H,1,4H2,(H,10,12)/i1D2. The topological polar surface area (TPSA) is 49.3 Å². The minimum Gasteiger partial charge on any atom is -0.508 e. The van der Waals surface area contributed by atoms with Crippen molar-refractivity contribution in [1.29, 1.82) is 0 Å². The molecule has 0 saturated heterocycles. The summed E-state index contributed by atoms with van der Waals surface area (Å²) in [6.45, 7) is 0. The van der Waals surface area contributed by atoms with Gasteiger partial charge in [-0.1, -0.05) is 0 Å². The first-order valence-electron chi connectivity index (χ1n) is 4.62. The van der Waals surface area contributed by atoms with E-state index in [4.69, 9.17) is 2.74 Å². The third kappa shape index (κ3) is 1.13. The highest BCUT2D eigenvalue weighted by atomic mass is 16.3. The molecule has 3 nitrogen and oxygen atoms in total. The number of nitrogens with one attached hydrogen (secondary N) is 1. The molecule has 2 N–H and O–H groups in total. The number of rotatable bonds is 0. The van der Waals surface area contributed by atoms with E-state index in [-0.39, 0.29) is 18.1 Å². The van der Waals surface area contributed by atoms with Gasteiger partial charge in [0.15, 0.2) is 0 Å². The molecule has 62 valence electrons. The van der Waals surface area contributed by atoms with Crippen LogP contribution in [-0.4, -0.2) is 11.0 Å².